The van der Waals surface area contributed by atoms with Crippen LogP contribution in [-0.4, -0.2) is 6.54 Å². The quantitative estimate of drug-likeness (QED) is 0.668. The SMILES string of the molecule is Cl.Cl.NCC1CCCCC1. The van der Waals surface area contributed by atoms with E-state index in [1.54, 1.807) is 0 Å². The molecule has 0 aliphatic heterocycles. The first-order valence-corrected chi connectivity index (χ1v) is 3.63. The van der Waals surface area contributed by atoms with Gasteiger partial charge in [-0.3, -0.25) is 0 Å². The van der Waals surface area contributed by atoms with Crippen molar-refractivity contribution in [3.8, 4) is 0 Å². The molecule has 0 amide bonds. The molecule has 0 aromatic rings. The molecule has 1 rings (SSSR count). The van der Waals surface area contributed by atoms with Crippen molar-refractivity contribution >= 4 is 24.8 Å². The van der Waals surface area contributed by atoms with Crippen LogP contribution in [0.4, 0.5) is 0 Å². The normalized spacial score (nSPS) is 18.9. The van der Waals surface area contributed by atoms with Crippen LogP contribution in [0.5, 0.6) is 0 Å². The summed E-state index contributed by atoms with van der Waals surface area (Å²) in [5, 5.41) is 0. The summed E-state index contributed by atoms with van der Waals surface area (Å²) < 4.78 is 0. The Balaban J connectivity index is 0. The molecule has 2 N–H and O–H groups in total. The Hall–Kier alpha value is 0.540. The second kappa shape index (κ2) is 7.64. The van der Waals surface area contributed by atoms with Crippen LogP contribution in [-0.2, 0) is 0 Å². The van der Waals surface area contributed by atoms with Crippen molar-refractivity contribution in [1.29, 1.82) is 0 Å². The summed E-state index contributed by atoms with van der Waals surface area (Å²) in [7, 11) is 0. The van der Waals surface area contributed by atoms with Crippen LogP contribution in [0.1, 0.15) is 32.1 Å². The van der Waals surface area contributed by atoms with E-state index in [1.807, 2.05) is 0 Å². The zero-order valence-electron chi connectivity index (χ0n) is 6.21. The van der Waals surface area contributed by atoms with Crippen molar-refractivity contribution in [1.82, 2.24) is 0 Å². The molecule has 0 heterocycles. The molecule has 1 saturated carbocycles. The van der Waals surface area contributed by atoms with Gasteiger partial charge in [0, 0.05) is 0 Å². The van der Waals surface area contributed by atoms with Gasteiger partial charge in [0.1, 0.15) is 0 Å². The summed E-state index contributed by atoms with van der Waals surface area (Å²) in [6, 6.07) is 0. The molecule has 0 atom stereocenters. The Labute approximate surface area is 75.6 Å². The number of halogens is 2. The molecule has 0 bridgehead atoms. The van der Waals surface area contributed by atoms with E-state index in [4.69, 9.17) is 5.73 Å². The van der Waals surface area contributed by atoms with Crippen LogP contribution in [0.3, 0.4) is 0 Å². The summed E-state index contributed by atoms with van der Waals surface area (Å²) in [4.78, 5) is 0. The Morgan fingerprint density at radius 3 is 1.80 bits per heavy atom. The van der Waals surface area contributed by atoms with Gasteiger partial charge in [-0.15, -0.1) is 24.8 Å². The zero-order valence-corrected chi connectivity index (χ0v) is 7.85. The lowest BCUT2D eigenvalue weighted by Crippen LogP contribution is -2.16. The highest BCUT2D eigenvalue weighted by molar-refractivity contribution is 5.85. The molecule has 0 spiro atoms. The van der Waals surface area contributed by atoms with E-state index in [0.29, 0.717) is 0 Å². The maximum atomic E-state index is 5.50. The second-order valence-electron chi connectivity index (χ2n) is 2.74. The Morgan fingerprint density at radius 2 is 1.50 bits per heavy atom. The van der Waals surface area contributed by atoms with Crippen molar-refractivity contribution in [3.63, 3.8) is 0 Å². The van der Waals surface area contributed by atoms with Gasteiger partial charge in [-0.05, 0) is 25.3 Å². The average Bonchev–Trinajstić information content (AvgIpc) is 1.90. The minimum absolute atomic E-state index is 0. The smallest absolute Gasteiger partial charge is 0.00489 e. The van der Waals surface area contributed by atoms with E-state index in [1.165, 1.54) is 32.1 Å². The monoisotopic (exact) mass is 185 g/mol. The number of hydrogen-bond donors (Lipinski definition) is 1. The largest absolute Gasteiger partial charge is 0.330 e. The predicted octanol–water partition coefficient (Wildman–Crippen LogP) is 2.37. The third kappa shape index (κ3) is 4.37. The van der Waals surface area contributed by atoms with Gasteiger partial charge in [0.25, 0.3) is 0 Å². The summed E-state index contributed by atoms with van der Waals surface area (Å²) in [6.45, 7) is 0.917. The van der Waals surface area contributed by atoms with Gasteiger partial charge >= 0.3 is 0 Å². The van der Waals surface area contributed by atoms with Crippen molar-refractivity contribution in [3.05, 3.63) is 0 Å². The molecule has 10 heavy (non-hydrogen) atoms. The minimum atomic E-state index is 0. The standard InChI is InChI=1S/C7H15N.2ClH/c8-6-7-4-2-1-3-5-7;;/h7H,1-6,8H2;2*1H. The van der Waals surface area contributed by atoms with Gasteiger partial charge in [0.2, 0.25) is 0 Å². The summed E-state index contributed by atoms with van der Waals surface area (Å²) >= 11 is 0. The van der Waals surface area contributed by atoms with Crippen LogP contribution < -0.4 is 5.73 Å². The van der Waals surface area contributed by atoms with Crippen LogP contribution in [0.2, 0.25) is 0 Å². The van der Waals surface area contributed by atoms with Crippen LogP contribution in [0.25, 0.3) is 0 Å². The fraction of sp³-hybridized carbons (Fsp3) is 1.00. The Morgan fingerprint density at radius 1 is 1.00 bits per heavy atom. The van der Waals surface area contributed by atoms with E-state index >= 15 is 0 Å². The van der Waals surface area contributed by atoms with Crippen molar-refractivity contribution in [2.24, 2.45) is 11.7 Å². The first kappa shape index (κ1) is 13.2. The third-order valence-electron chi connectivity index (χ3n) is 2.06. The Bertz CT molecular complexity index is 62.6. The molecule has 1 aliphatic carbocycles. The van der Waals surface area contributed by atoms with Crippen molar-refractivity contribution in [2.45, 2.75) is 32.1 Å². The van der Waals surface area contributed by atoms with Gasteiger partial charge in [-0.2, -0.15) is 0 Å². The average molecular weight is 186 g/mol. The number of hydrogen-bond acceptors (Lipinski definition) is 1. The van der Waals surface area contributed by atoms with E-state index in [-0.39, 0.29) is 24.8 Å². The summed E-state index contributed by atoms with van der Waals surface area (Å²) in [6.07, 6.45) is 7.05. The first-order valence-electron chi connectivity index (χ1n) is 3.63. The van der Waals surface area contributed by atoms with Gasteiger partial charge in [-0.25, -0.2) is 0 Å². The second-order valence-corrected chi connectivity index (χ2v) is 2.74. The fourth-order valence-electron chi connectivity index (χ4n) is 1.42. The molecule has 1 nitrogen and oxygen atoms in total. The lowest BCUT2D eigenvalue weighted by molar-refractivity contribution is 0.366. The van der Waals surface area contributed by atoms with Gasteiger partial charge in [-0.1, -0.05) is 19.3 Å². The molecule has 0 radical (unpaired) electrons. The van der Waals surface area contributed by atoms with Crippen LogP contribution in [0, 0.1) is 5.92 Å². The first-order chi connectivity index (χ1) is 3.93. The molecular formula is C7H17Cl2N. The molecule has 1 aliphatic rings. The van der Waals surface area contributed by atoms with Crippen LogP contribution >= 0.6 is 24.8 Å². The molecule has 64 valence electrons. The molecule has 0 aromatic carbocycles. The fourth-order valence-corrected chi connectivity index (χ4v) is 1.42. The van der Waals surface area contributed by atoms with E-state index < -0.39 is 0 Å². The molecule has 0 unspecified atom stereocenters. The van der Waals surface area contributed by atoms with Crippen molar-refractivity contribution in [2.75, 3.05) is 6.54 Å². The lowest BCUT2D eigenvalue weighted by Gasteiger charge is -2.18. The summed E-state index contributed by atoms with van der Waals surface area (Å²) in [5.41, 5.74) is 5.50. The zero-order chi connectivity index (χ0) is 5.82. The molecule has 3 heteroatoms. The lowest BCUT2D eigenvalue weighted by atomic mass is 9.90. The Kier molecular flexibility index (Phi) is 10.1. The maximum Gasteiger partial charge on any atom is -0.00489 e. The number of nitrogens with two attached hydrogens (primary N) is 1. The molecule has 0 aromatic heterocycles. The van der Waals surface area contributed by atoms with E-state index in [9.17, 15) is 0 Å². The molecular weight excluding hydrogens is 169 g/mol. The topological polar surface area (TPSA) is 26.0 Å². The van der Waals surface area contributed by atoms with E-state index in [2.05, 4.69) is 0 Å². The van der Waals surface area contributed by atoms with Crippen LogP contribution in [0.15, 0.2) is 0 Å². The molecule has 0 saturated heterocycles. The molecule has 1 fully saturated rings. The highest BCUT2D eigenvalue weighted by atomic mass is 35.5. The van der Waals surface area contributed by atoms with E-state index in [0.717, 1.165) is 12.5 Å². The van der Waals surface area contributed by atoms with Crippen molar-refractivity contribution < 1.29 is 0 Å². The van der Waals surface area contributed by atoms with Gasteiger partial charge in [0.05, 0.1) is 0 Å². The number of rotatable bonds is 1. The maximum absolute atomic E-state index is 5.50. The third-order valence-corrected chi connectivity index (χ3v) is 2.06. The highest BCUT2D eigenvalue weighted by Crippen LogP contribution is 2.21. The van der Waals surface area contributed by atoms with Gasteiger partial charge in [0.15, 0.2) is 0 Å². The van der Waals surface area contributed by atoms with Gasteiger partial charge < -0.3 is 5.73 Å². The minimum Gasteiger partial charge on any atom is -0.330 e. The predicted molar refractivity (Wildman–Crippen MR) is 50.1 cm³/mol. The summed E-state index contributed by atoms with van der Waals surface area (Å²) in [5.74, 6) is 0.865. The highest BCUT2D eigenvalue weighted by Gasteiger charge is 2.09.